The molecule has 202 valence electrons. The van der Waals surface area contributed by atoms with Crippen molar-refractivity contribution >= 4 is 29.1 Å². The molecule has 3 heterocycles. The number of hydrogen-bond acceptors (Lipinski definition) is 7. The van der Waals surface area contributed by atoms with E-state index in [1.165, 1.54) is 6.33 Å². The van der Waals surface area contributed by atoms with Crippen LogP contribution >= 0.6 is 23.4 Å². The van der Waals surface area contributed by atoms with Gasteiger partial charge in [0.15, 0.2) is 10.9 Å². The highest BCUT2D eigenvalue weighted by Crippen LogP contribution is 2.19. The van der Waals surface area contributed by atoms with Gasteiger partial charge < -0.3 is 4.57 Å². The fourth-order valence-corrected chi connectivity index (χ4v) is 5.32. The number of aromatic nitrogens is 5. The Morgan fingerprint density at radius 3 is 2.49 bits per heavy atom. The molecule has 0 spiro atoms. The first-order valence-corrected chi connectivity index (χ1v) is 14.6. The predicted octanol–water partition coefficient (Wildman–Crippen LogP) is 6.23. The summed E-state index contributed by atoms with van der Waals surface area (Å²) in [4.78, 5) is 42.1. The summed E-state index contributed by atoms with van der Waals surface area (Å²) in [5.41, 5.74) is 3.02. The molecule has 0 amide bonds. The second-order valence-electron chi connectivity index (χ2n) is 9.34. The summed E-state index contributed by atoms with van der Waals surface area (Å²) < 4.78 is 2.07. The molecule has 3 aromatic heterocycles. The molecule has 39 heavy (non-hydrogen) atoms. The molecule has 0 aliphatic heterocycles. The van der Waals surface area contributed by atoms with Gasteiger partial charge in [-0.25, -0.2) is 9.97 Å². The second kappa shape index (κ2) is 15.3. The highest BCUT2D eigenvalue weighted by Gasteiger charge is 2.11. The summed E-state index contributed by atoms with van der Waals surface area (Å²) in [6.07, 6.45) is 15.5. The average molecular weight is 562 g/mol. The van der Waals surface area contributed by atoms with E-state index in [2.05, 4.69) is 24.5 Å². The molecular formula is C30H32ClN5O2S. The van der Waals surface area contributed by atoms with E-state index in [1.54, 1.807) is 54.6 Å². The SMILES string of the molecule is O=C(CCCCCCCSc1nc(=O)c(Cc2cncnc2)cn1CCc1ccccn1)c1ccc(Cl)cc1. The molecule has 0 bridgehead atoms. The van der Waals surface area contributed by atoms with Gasteiger partial charge in [0.2, 0.25) is 0 Å². The summed E-state index contributed by atoms with van der Waals surface area (Å²) in [7, 11) is 0. The Morgan fingerprint density at radius 2 is 1.72 bits per heavy atom. The van der Waals surface area contributed by atoms with Gasteiger partial charge in [0.1, 0.15) is 6.33 Å². The molecule has 0 aliphatic rings. The quantitative estimate of drug-likeness (QED) is 0.0735. The maximum atomic E-state index is 12.8. The lowest BCUT2D eigenvalue weighted by Crippen LogP contribution is -2.20. The van der Waals surface area contributed by atoms with Crippen molar-refractivity contribution in [2.24, 2.45) is 0 Å². The fourth-order valence-electron chi connectivity index (χ4n) is 4.20. The van der Waals surface area contributed by atoms with E-state index in [0.29, 0.717) is 30.0 Å². The number of unbranched alkanes of at least 4 members (excludes halogenated alkanes) is 4. The molecule has 4 rings (SSSR count). The largest absolute Gasteiger partial charge is 0.327 e. The highest BCUT2D eigenvalue weighted by atomic mass is 35.5. The van der Waals surface area contributed by atoms with Crippen molar-refractivity contribution in [2.45, 2.75) is 63.1 Å². The molecule has 0 atom stereocenters. The van der Waals surface area contributed by atoms with E-state index >= 15 is 0 Å². The number of Topliss-reactive ketones (excluding diaryl/α,β-unsaturated/α-hetero) is 1. The van der Waals surface area contributed by atoms with Crippen LogP contribution in [0.25, 0.3) is 0 Å². The van der Waals surface area contributed by atoms with Gasteiger partial charge in [0, 0.05) is 78.2 Å². The van der Waals surface area contributed by atoms with Crippen molar-refractivity contribution in [1.29, 1.82) is 0 Å². The zero-order valence-electron chi connectivity index (χ0n) is 21.8. The van der Waals surface area contributed by atoms with Gasteiger partial charge in [0.25, 0.3) is 5.56 Å². The number of rotatable bonds is 15. The van der Waals surface area contributed by atoms with Crippen LogP contribution in [0.15, 0.2) is 83.5 Å². The number of hydrogen-bond donors (Lipinski definition) is 0. The number of pyridine rings is 1. The molecule has 1 aromatic carbocycles. The van der Waals surface area contributed by atoms with Gasteiger partial charge in [-0.05, 0) is 54.8 Å². The fraction of sp³-hybridized carbons (Fsp3) is 0.333. The number of benzene rings is 1. The Hall–Kier alpha value is -3.36. The molecule has 0 unspecified atom stereocenters. The second-order valence-corrected chi connectivity index (χ2v) is 10.8. The Bertz CT molecular complexity index is 1380. The van der Waals surface area contributed by atoms with Crippen LogP contribution in [0.1, 0.15) is 65.7 Å². The van der Waals surface area contributed by atoms with Crippen LogP contribution in [0.4, 0.5) is 0 Å². The first kappa shape index (κ1) is 28.6. The van der Waals surface area contributed by atoms with E-state index in [1.807, 2.05) is 24.4 Å². The van der Waals surface area contributed by atoms with Gasteiger partial charge in [-0.2, -0.15) is 4.98 Å². The maximum absolute atomic E-state index is 12.8. The molecule has 0 radical (unpaired) electrons. The summed E-state index contributed by atoms with van der Waals surface area (Å²) in [5.74, 6) is 1.05. The van der Waals surface area contributed by atoms with Crippen LogP contribution in [0.5, 0.6) is 0 Å². The number of halogens is 1. The zero-order valence-corrected chi connectivity index (χ0v) is 23.4. The third-order valence-electron chi connectivity index (χ3n) is 6.32. The Labute approximate surface area is 238 Å². The van der Waals surface area contributed by atoms with Crippen LogP contribution in [0.2, 0.25) is 5.02 Å². The lowest BCUT2D eigenvalue weighted by atomic mass is 10.0. The lowest BCUT2D eigenvalue weighted by Gasteiger charge is -2.14. The highest BCUT2D eigenvalue weighted by molar-refractivity contribution is 7.99. The molecule has 4 aromatic rings. The smallest absolute Gasteiger partial charge is 0.277 e. The molecule has 0 saturated carbocycles. The summed E-state index contributed by atoms with van der Waals surface area (Å²) >= 11 is 7.52. The van der Waals surface area contributed by atoms with Crippen molar-refractivity contribution in [3.05, 3.63) is 111 Å². The maximum Gasteiger partial charge on any atom is 0.277 e. The number of thioether (sulfide) groups is 1. The standard InChI is InChI=1S/C30H32ClN5O2S/c31-26-12-10-24(11-13-26)28(37)9-4-2-1-3-7-17-39-30-35-29(38)25(18-23-19-32-22-33-20-23)21-36(30)16-14-27-8-5-6-15-34-27/h5-6,8,10-13,15,19-22H,1-4,7,9,14,16-18H2. The van der Waals surface area contributed by atoms with E-state index in [9.17, 15) is 9.59 Å². The van der Waals surface area contributed by atoms with E-state index in [-0.39, 0.29) is 11.3 Å². The van der Waals surface area contributed by atoms with Crippen LogP contribution in [0, 0.1) is 0 Å². The molecule has 7 nitrogen and oxygen atoms in total. The van der Waals surface area contributed by atoms with Crippen LogP contribution in [-0.4, -0.2) is 36.0 Å². The van der Waals surface area contributed by atoms with Crippen LogP contribution < -0.4 is 5.56 Å². The summed E-state index contributed by atoms with van der Waals surface area (Å²) in [6.45, 7) is 0.687. The molecule has 0 N–H and O–H groups in total. The molecule has 9 heteroatoms. The van der Waals surface area contributed by atoms with Crippen molar-refractivity contribution < 1.29 is 4.79 Å². The average Bonchev–Trinajstić information content (AvgIpc) is 2.96. The Morgan fingerprint density at radius 1 is 0.949 bits per heavy atom. The molecule has 0 saturated heterocycles. The van der Waals surface area contributed by atoms with Crippen molar-refractivity contribution in [3.8, 4) is 0 Å². The van der Waals surface area contributed by atoms with Gasteiger partial charge in [0.05, 0.1) is 0 Å². The predicted molar refractivity (Wildman–Crippen MR) is 155 cm³/mol. The minimum atomic E-state index is -0.208. The first-order valence-electron chi connectivity index (χ1n) is 13.2. The van der Waals surface area contributed by atoms with Crippen LogP contribution in [0.3, 0.4) is 0 Å². The van der Waals surface area contributed by atoms with Gasteiger partial charge in [-0.3, -0.25) is 14.6 Å². The number of carbonyl (C=O) groups is 1. The van der Waals surface area contributed by atoms with E-state index < -0.39 is 0 Å². The number of ketones is 1. The number of nitrogens with zero attached hydrogens (tertiary/aromatic N) is 5. The monoisotopic (exact) mass is 561 g/mol. The van der Waals surface area contributed by atoms with E-state index in [0.717, 1.165) is 66.3 Å². The Balaban J connectivity index is 1.26. The minimum absolute atomic E-state index is 0.167. The molecule has 0 aliphatic carbocycles. The molecule has 0 fully saturated rings. The van der Waals surface area contributed by atoms with E-state index in [4.69, 9.17) is 11.6 Å². The zero-order chi connectivity index (χ0) is 27.3. The normalized spacial score (nSPS) is 11.0. The third-order valence-corrected chi connectivity index (χ3v) is 7.65. The minimum Gasteiger partial charge on any atom is -0.327 e. The molecular weight excluding hydrogens is 530 g/mol. The van der Waals surface area contributed by atoms with Gasteiger partial charge >= 0.3 is 0 Å². The number of aryl methyl sites for hydroxylation is 2. The van der Waals surface area contributed by atoms with Crippen LogP contribution in [-0.2, 0) is 19.4 Å². The Kier molecular flexibility index (Phi) is 11.2. The van der Waals surface area contributed by atoms with Crippen molar-refractivity contribution in [2.75, 3.05) is 5.75 Å². The number of carbonyl (C=O) groups excluding carboxylic acids is 1. The third kappa shape index (κ3) is 9.41. The van der Waals surface area contributed by atoms with Gasteiger partial charge in [-0.15, -0.1) is 0 Å². The van der Waals surface area contributed by atoms with Gasteiger partial charge in [-0.1, -0.05) is 48.7 Å². The topological polar surface area (TPSA) is 90.6 Å². The summed E-state index contributed by atoms with van der Waals surface area (Å²) in [6, 6.07) is 13.0. The lowest BCUT2D eigenvalue weighted by molar-refractivity contribution is 0.0979. The first-order chi connectivity index (χ1) is 19.1. The summed E-state index contributed by atoms with van der Waals surface area (Å²) in [5, 5.41) is 1.38. The van der Waals surface area contributed by atoms with Crippen molar-refractivity contribution in [3.63, 3.8) is 0 Å². The van der Waals surface area contributed by atoms with Crippen molar-refractivity contribution in [1.82, 2.24) is 24.5 Å².